The Morgan fingerprint density at radius 3 is 2.18 bits per heavy atom. The second kappa shape index (κ2) is 6.58. The van der Waals surface area contributed by atoms with Gasteiger partial charge in [-0.3, -0.25) is 9.69 Å². The number of carboxylic acid groups (broad SMARTS) is 1. The predicted octanol–water partition coefficient (Wildman–Crippen LogP) is 3.37. The number of hydrogen-bond acceptors (Lipinski definition) is 2. The topological polar surface area (TPSA) is 40.5 Å². The van der Waals surface area contributed by atoms with Crippen LogP contribution < -0.4 is 0 Å². The van der Waals surface area contributed by atoms with Crippen molar-refractivity contribution < 1.29 is 9.90 Å². The molecule has 1 aliphatic rings. The SMILES string of the molecule is O=C(O)C1CN(Cc2ccc(C=Cc3ccccc3)cc2)C1. The third kappa shape index (κ3) is 3.62. The van der Waals surface area contributed by atoms with Crippen molar-refractivity contribution in [1.82, 2.24) is 4.90 Å². The van der Waals surface area contributed by atoms with E-state index in [2.05, 4.69) is 53.5 Å². The summed E-state index contributed by atoms with van der Waals surface area (Å²) >= 11 is 0. The zero-order chi connectivity index (χ0) is 15.4. The highest BCUT2D eigenvalue weighted by Gasteiger charge is 2.31. The Bertz CT molecular complexity index is 656. The van der Waals surface area contributed by atoms with Crippen LogP contribution in [-0.2, 0) is 11.3 Å². The van der Waals surface area contributed by atoms with Crippen LogP contribution in [0.1, 0.15) is 16.7 Å². The summed E-state index contributed by atoms with van der Waals surface area (Å²) in [6.45, 7) is 2.14. The van der Waals surface area contributed by atoms with Gasteiger partial charge in [-0.1, -0.05) is 66.7 Å². The second-order valence-electron chi connectivity index (χ2n) is 5.71. The summed E-state index contributed by atoms with van der Waals surface area (Å²) in [5.41, 5.74) is 3.58. The van der Waals surface area contributed by atoms with Gasteiger partial charge in [-0.2, -0.15) is 0 Å². The minimum absolute atomic E-state index is 0.187. The van der Waals surface area contributed by atoms with Crippen LogP contribution in [0.5, 0.6) is 0 Å². The first kappa shape index (κ1) is 14.5. The van der Waals surface area contributed by atoms with Gasteiger partial charge in [0.2, 0.25) is 0 Å². The minimum Gasteiger partial charge on any atom is -0.481 e. The summed E-state index contributed by atoms with van der Waals surface area (Å²) in [5, 5.41) is 8.87. The highest BCUT2D eigenvalue weighted by molar-refractivity contribution is 5.71. The molecule has 112 valence electrons. The Morgan fingerprint density at radius 1 is 1.00 bits per heavy atom. The lowest BCUT2D eigenvalue weighted by Gasteiger charge is -2.36. The molecule has 0 amide bonds. The molecule has 0 unspecified atom stereocenters. The van der Waals surface area contributed by atoms with E-state index in [0.29, 0.717) is 13.1 Å². The molecule has 2 aromatic rings. The average Bonchev–Trinajstić information content (AvgIpc) is 2.50. The maximum atomic E-state index is 10.8. The third-order valence-electron chi connectivity index (χ3n) is 3.96. The van der Waals surface area contributed by atoms with E-state index in [1.54, 1.807) is 0 Å². The molecule has 0 spiro atoms. The third-order valence-corrected chi connectivity index (χ3v) is 3.96. The van der Waals surface area contributed by atoms with Gasteiger partial charge in [0.15, 0.2) is 0 Å². The van der Waals surface area contributed by atoms with Crippen molar-refractivity contribution in [3.63, 3.8) is 0 Å². The molecule has 3 rings (SSSR count). The Morgan fingerprint density at radius 2 is 1.59 bits per heavy atom. The molecule has 1 N–H and O–H groups in total. The molecule has 1 saturated heterocycles. The number of likely N-dealkylation sites (tertiary alicyclic amines) is 1. The summed E-state index contributed by atoms with van der Waals surface area (Å²) in [6, 6.07) is 18.6. The van der Waals surface area contributed by atoms with E-state index in [1.807, 2.05) is 18.2 Å². The van der Waals surface area contributed by atoms with Crippen molar-refractivity contribution in [3.05, 3.63) is 71.3 Å². The Kier molecular flexibility index (Phi) is 4.35. The summed E-state index contributed by atoms with van der Waals surface area (Å²) in [7, 11) is 0. The number of hydrogen-bond donors (Lipinski definition) is 1. The lowest BCUT2D eigenvalue weighted by atomic mass is 9.99. The first-order valence-electron chi connectivity index (χ1n) is 7.48. The van der Waals surface area contributed by atoms with Crippen molar-refractivity contribution in [3.8, 4) is 0 Å². The van der Waals surface area contributed by atoms with Crippen LogP contribution >= 0.6 is 0 Å². The summed E-state index contributed by atoms with van der Waals surface area (Å²) in [4.78, 5) is 12.9. The smallest absolute Gasteiger partial charge is 0.309 e. The maximum Gasteiger partial charge on any atom is 0.309 e. The van der Waals surface area contributed by atoms with E-state index in [9.17, 15) is 4.79 Å². The molecular formula is C19H19NO2. The molecule has 0 aliphatic carbocycles. The van der Waals surface area contributed by atoms with Gasteiger partial charge in [0.05, 0.1) is 5.92 Å². The molecule has 0 aromatic heterocycles. The van der Waals surface area contributed by atoms with Gasteiger partial charge >= 0.3 is 5.97 Å². The quantitative estimate of drug-likeness (QED) is 0.859. The number of aliphatic carboxylic acids is 1. The van der Waals surface area contributed by atoms with Crippen LogP contribution in [0.3, 0.4) is 0 Å². The molecule has 1 fully saturated rings. The maximum absolute atomic E-state index is 10.8. The summed E-state index contributed by atoms with van der Waals surface area (Å²) < 4.78 is 0. The monoisotopic (exact) mass is 293 g/mol. The molecule has 0 atom stereocenters. The Hall–Kier alpha value is -2.39. The summed E-state index contributed by atoms with van der Waals surface area (Å²) in [6.07, 6.45) is 4.20. The Labute approximate surface area is 130 Å². The van der Waals surface area contributed by atoms with Crippen LogP contribution in [-0.4, -0.2) is 29.1 Å². The van der Waals surface area contributed by atoms with Crippen LogP contribution in [0.2, 0.25) is 0 Å². The number of benzene rings is 2. The van der Waals surface area contributed by atoms with Gasteiger partial charge in [-0.25, -0.2) is 0 Å². The Balaban J connectivity index is 1.55. The molecule has 1 aliphatic heterocycles. The predicted molar refractivity (Wildman–Crippen MR) is 88.2 cm³/mol. The highest BCUT2D eigenvalue weighted by atomic mass is 16.4. The largest absolute Gasteiger partial charge is 0.481 e. The van der Waals surface area contributed by atoms with Gasteiger partial charge < -0.3 is 5.11 Å². The molecule has 2 aromatic carbocycles. The van der Waals surface area contributed by atoms with Crippen molar-refractivity contribution >= 4 is 18.1 Å². The molecule has 1 heterocycles. The van der Waals surface area contributed by atoms with E-state index in [1.165, 1.54) is 16.7 Å². The zero-order valence-electron chi connectivity index (χ0n) is 12.4. The highest BCUT2D eigenvalue weighted by Crippen LogP contribution is 2.19. The van der Waals surface area contributed by atoms with Crippen LogP contribution in [0.15, 0.2) is 54.6 Å². The fourth-order valence-electron chi connectivity index (χ4n) is 2.60. The van der Waals surface area contributed by atoms with Crippen LogP contribution in [0.25, 0.3) is 12.2 Å². The molecule has 0 radical (unpaired) electrons. The molecule has 3 nitrogen and oxygen atoms in total. The average molecular weight is 293 g/mol. The summed E-state index contributed by atoms with van der Waals surface area (Å²) in [5.74, 6) is -0.870. The minimum atomic E-state index is -0.683. The number of carboxylic acids is 1. The molecule has 0 saturated carbocycles. The standard InChI is InChI=1S/C19H19NO2/c21-19(22)18-13-20(14-18)12-17-10-8-16(9-11-17)7-6-15-4-2-1-3-5-15/h1-11,18H,12-14H2,(H,21,22). The van der Waals surface area contributed by atoms with Crippen molar-refractivity contribution in [1.29, 1.82) is 0 Å². The van der Waals surface area contributed by atoms with Crippen molar-refractivity contribution in [2.75, 3.05) is 13.1 Å². The van der Waals surface area contributed by atoms with Gasteiger partial charge in [0.25, 0.3) is 0 Å². The second-order valence-corrected chi connectivity index (χ2v) is 5.71. The fraction of sp³-hybridized carbons (Fsp3) is 0.211. The molecule has 22 heavy (non-hydrogen) atoms. The van der Waals surface area contributed by atoms with Gasteiger partial charge in [0.1, 0.15) is 0 Å². The van der Waals surface area contributed by atoms with Crippen molar-refractivity contribution in [2.45, 2.75) is 6.54 Å². The van der Waals surface area contributed by atoms with Gasteiger partial charge in [-0.05, 0) is 16.7 Å². The van der Waals surface area contributed by atoms with Gasteiger partial charge in [-0.15, -0.1) is 0 Å². The molecular weight excluding hydrogens is 274 g/mol. The number of rotatable bonds is 5. The van der Waals surface area contributed by atoms with Gasteiger partial charge in [0, 0.05) is 19.6 Å². The fourth-order valence-corrected chi connectivity index (χ4v) is 2.60. The normalized spacial score (nSPS) is 15.8. The lowest BCUT2D eigenvalue weighted by Crippen LogP contribution is -2.49. The van der Waals surface area contributed by atoms with Crippen molar-refractivity contribution in [2.24, 2.45) is 5.92 Å². The van der Waals surface area contributed by atoms with E-state index < -0.39 is 5.97 Å². The number of nitrogens with zero attached hydrogens (tertiary/aromatic N) is 1. The number of carbonyl (C=O) groups is 1. The first-order chi connectivity index (χ1) is 10.7. The lowest BCUT2D eigenvalue weighted by molar-refractivity contribution is -0.147. The van der Waals surface area contributed by atoms with Crippen LogP contribution in [0.4, 0.5) is 0 Å². The zero-order valence-corrected chi connectivity index (χ0v) is 12.4. The van der Waals surface area contributed by atoms with E-state index >= 15 is 0 Å². The first-order valence-corrected chi connectivity index (χ1v) is 7.48. The van der Waals surface area contributed by atoms with E-state index in [0.717, 1.165) is 6.54 Å². The molecule has 0 bridgehead atoms. The van der Waals surface area contributed by atoms with E-state index in [4.69, 9.17) is 5.11 Å². The van der Waals surface area contributed by atoms with E-state index in [-0.39, 0.29) is 5.92 Å². The molecule has 3 heteroatoms. The van der Waals surface area contributed by atoms with Crippen LogP contribution in [0, 0.1) is 5.92 Å².